The second-order valence-corrected chi connectivity index (χ2v) is 16.9. The standard InChI is InChI=1S/C44H51N3O/c1-26(2)47-37-15-13-14-32(40(37)46-41(47)35-23-30(42(4,5)6)16-17-38(35)48)28-20-27(3)21-29(22-28)33-24-31(43(7,8)9)25-34-36(44(10,11)12)18-19-45-39(33)34/h13-26,48H,1-12H3. The summed E-state index contributed by atoms with van der Waals surface area (Å²) in [6.45, 7) is 26.8. The first-order chi connectivity index (χ1) is 22.3. The lowest BCUT2D eigenvalue weighted by molar-refractivity contribution is 0.474. The Morgan fingerprint density at radius 3 is 1.92 bits per heavy atom. The molecule has 4 heteroatoms. The van der Waals surface area contributed by atoms with Crippen LogP contribution in [0.3, 0.4) is 0 Å². The number of aromatic nitrogens is 3. The third-order valence-electron chi connectivity index (χ3n) is 9.56. The molecule has 0 bridgehead atoms. The highest BCUT2D eigenvalue weighted by Crippen LogP contribution is 2.42. The molecule has 2 aromatic heterocycles. The maximum absolute atomic E-state index is 11.1. The van der Waals surface area contributed by atoms with Crippen LogP contribution in [0.25, 0.3) is 55.6 Å². The van der Waals surface area contributed by atoms with Gasteiger partial charge in [0, 0.05) is 28.8 Å². The summed E-state index contributed by atoms with van der Waals surface area (Å²) in [4.78, 5) is 10.3. The van der Waals surface area contributed by atoms with Gasteiger partial charge < -0.3 is 9.67 Å². The van der Waals surface area contributed by atoms with E-state index in [1.54, 1.807) is 0 Å². The number of hydrogen-bond donors (Lipinski definition) is 1. The summed E-state index contributed by atoms with van der Waals surface area (Å²) in [6.07, 6.45) is 1.96. The van der Waals surface area contributed by atoms with Crippen molar-refractivity contribution in [1.29, 1.82) is 0 Å². The van der Waals surface area contributed by atoms with Crippen molar-refractivity contribution in [3.05, 3.63) is 101 Å². The monoisotopic (exact) mass is 637 g/mol. The molecule has 0 aliphatic heterocycles. The van der Waals surface area contributed by atoms with Gasteiger partial charge in [-0.15, -0.1) is 0 Å². The molecule has 0 aliphatic carbocycles. The third-order valence-corrected chi connectivity index (χ3v) is 9.56. The number of aromatic hydroxyl groups is 1. The number of nitrogens with zero attached hydrogens (tertiary/aromatic N) is 3. The molecule has 0 radical (unpaired) electrons. The normalized spacial score (nSPS) is 12.9. The van der Waals surface area contributed by atoms with Crippen molar-refractivity contribution in [2.75, 3.05) is 0 Å². The summed E-state index contributed by atoms with van der Waals surface area (Å²) in [6, 6.07) is 26.2. The number of pyridine rings is 1. The zero-order chi connectivity index (χ0) is 34.9. The minimum Gasteiger partial charge on any atom is -0.507 e. The van der Waals surface area contributed by atoms with Crippen LogP contribution in [0.4, 0.5) is 0 Å². The number of rotatable bonds is 4. The zero-order valence-electron chi connectivity index (χ0n) is 30.9. The Kier molecular flexibility index (Phi) is 8.10. The predicted molar refractivity (Wildman–Crippen MR) is 204 cm³/mol. The van der Waals surface area contributed by atoms with Crippen LogP contribution in [0, 0.1) is 6.92 Å². The van der Waals surface area contributed by atoms with Crippen LogP contribution in [0.1, 0.15) is 104 Å². The minimum atomic E-state index is -0.0583. The Labute approximate surface area is 286 Å². The second kappa shape index (κ2) is 11.6. The fourth-order valence-electron chi connectivity index (χ4n) is 6.90. The molecule has 0 saturated carbocycles. The number of aryl methyl sites for hydroxylation is 1. The van der Waals surface area contributed by atoms with Crippen LogP contribution in [0.5, 0.6) is 5.75 Å². The Bertz CT molecular complexity index is 2180. The lowest BCUT2D eigenvalue weighted by atomic mass is 9.79. The van der Waals surface area contributed by atoms with Gasteiger partial charge in [0.2, 0.25) is 0 Å². The molecule has 248 valence electrons. The predicted octanol–water partition coefficient (Wildman–Crippen LogP) is 12.1. The topological polar surface area (TPSA) is 50.9 Å². The lowest BCUT2D eigenvalue weighted by Crippen LogP contribution is -2.15. The van der Waals surface area contributed by atoms with E-state index < -0.39 is 0 Å². The van der Waals surface area contributed by atoms with Crippen molar-refractivity contribution in [2.45, 2.75) is 105 Å². The van der Waals surface area contributed by atoms with Crippen molar-refractivity contribution < 1.29 is 5.11 Å². The van der Waals surface area contributed by atoms with Gasteiger partial charge in [0.25, 0.3) is 0 Å². The Hall–Kier alpha value is -4.44. The zero-order valence-corrected chi connectivity index (χ0v) is 30.9. The van der Waals surface area contributed by atoms with Crippen LogP contribution in [0.15, 0.2) is 79.0 Å². The van der Waals surface area contributed by atoms with Gasteiger partial charge in [-0.3, -0.25) is 4.98 Å². The van der Waals surface area contributed by atoms with Gasteiger partial charge in [0.05, 0.1) is 22.1 Å². The molecule has 0 saturated heterocycles. The number of fused-ring (bicyclic) bond motifs is 2. The summed E-state index contributed by atoms with van der Waals surface area (Å²) in [7, 11) is 0. The van der Waals surface area contributed by atoms with E-state index in [0.717, 1.165) is 55.8 Å². The minimum absolute atomic E-state index is 0.0177. The number of hydrogen-bond acceptors (Lipinski definition) is 3. The summed E-state index contributed by atoms with van der Waals surface area (Å²) in [5.74, 6) is 1.03. The van der Waals surface area contributed by atoms with Gasteiger partial charge in [0.15, 0.2) is 0 Å². The second-order valence-electron chi connectivity index (χ2n) is 16.9. The summed E-state index contributed by atoms with van der Waals surface area (Å²) in [5, 5.41) is 12.4. The molecule has 2 heterocycles. The highest BCUT2D eigenvalue weighted by Gasteiger charge is 2.25. The molecule has 0 unspecified atom stereocenters. The first-order valence-electron chi connectivity index (χ1n) is 17.3. The van der Waals surface area contributed by atoms with Crippen molar-refractivity contribution in [1.82, 2.24) is 14.5 Å². The molecule has 4 nitrogen and oxygen atoms in total. The van der Waals surface area contributed by atoms with Crippen LogP contribution in [-0.2, 0) is 16.2 Å². The first kappa shape index (κ1) is 33.5. The summed E-state index contributed by atoms with van der Waals surface area (Å²) < 4.78 is 2.26. The van der Waals surface area contributed by atoms with E-state index in [4.69, 9.17) is 9.97 Å². The Morgan fingerprint density at radius 2 is 1.29 bits per heavy atom. The quantitative estimate of drug-likeness (QED) is 0.209. The number of phenolic OH excluding ortho intramolecular Hbond substituents is 1. The van der Waals surface area contributed by atoms with Gasteiger partial charge in [-0.25, -0.2) is 4.98 Å². The number of para-hydroxylation sites is 1. The molecule has 0 spiro atoms. The van der Waals surface area contributed by atoms with Crippen molar-refractivity contribution in [2.24, 2.45) is 0 Å². The summed E-state index contributed by atoms with van der Waals surface area (Å²) >= 11 is 0. The molecule has 6 aromatic rings. The van der Waals surface area contributed by atoms with Crippen LogP contribution < -0.4 is 0 Å². The van der Waals surface area contributed by atoms with E-state index in [9.17, 15) is 5.11 Å². The molecule has 48 heavy (non-hydrogen) atoms. The highest BCUT2D eigenvalue weighted by atomic mass is 16.3. The molecule has 6 rings (SSSR count). The van der Waals surface area contributed by atoms with E-state index in [2.05, 4.69) is 148 Å². The van der Waals surface area contributed by atoms with Gasteiger partial charge in [-0.1, -0.05) is 92.6 Å². The molecule has 1 N–H and O–H groups in total. The Balaban J connectivity index is 1.61. The highest BCUT2D eigenvalue weighted by molar-refractivity contribution is 5.99. The molecule has 0 amide bonds. The number of imidazole rings is 1. The smallest absolute Gasteiger partial charge is 0.145 e. The number of phenols is 1. The van der Waals surface area contributed by atoms with Crippen LogP contribution >= 0.6 is 0 Å². The van der Waals surface area contributed by atoms with E-state index in [-0.39, 0.29) is 28.0 Å². The maximum atomic E-state index is 11.1. The molecular weight excluding hydrogens is 587 g/mol. The van der Waals surface area contributed by atoms with E-state index in [0.29, 0.717) is 0 Å². The van der Waals surface area contributed by atoms with Gasteiger partial charge in [0.1, 0.15) is 11.6 Å². The molecule has 4 aromatic carbocycles. The average Bonchev–Trinajstić information content (AvgIpc) is 3.38. The van der Waals surface area contributed by atoms with Crippen molar-refractivity contribution in [3.8, 4) is 39.4 Å². The maximum Gasteiger partial charge on any atom is 0.145 e. The fraction of sp³-hybridized carbons (Fsp3) is 0.364. The van der Waals surface area contributed by atoms with Gasteiger partial charge >= 0.3 is 0 Å². The van der Waals surface area contributed by atoms with E-state index in [1.807, 2.05) is 18.3 Å². The average molecular weight is 638 g/mol. The van der Waals surface area contributed by atoms with E-state index in [1.165, 1.54) is 22.1 Å². The van der Waals surface area contributed by atoms with Crippen molar-refractivity contribution >= 4 is 21.9 Å². The molecule has 0 fully saturated rings. The summed E-state index contributed by atoms with van der Waals surface area (Å²) in [5.41, 5.74) is 13.1. The van der Waals surface area contributed by atoms with Gasteiger partial charge in [-0.05, 0) is 113 Å². The van der Waals surface area contributed by atoms with Gasteiger partial charge in [-0.2, -0.15) is 0 Å². The lowest BCUT2D eigenvalue weighted by Gasteiger charge is -2.26. The molecule has 0 atom stereocenters. The largest absolute Gasteiger partial charge is 0.507 e. The molecule has 0 aliphatic rings. The van der Waals surface area contributed by atoms with Crippen LogP contribution in [0.2, 0.25) is 0 Å². The number of benzene rings is 4. The van der Waals surface area contributed by atoms with Crippen molar-refractivity contribution in [3.63, 3.8) is 0 Å². The fourth-order valence-corrected chi connectivity index (χ4v) is 6.90. The Morgan fingerprint density at radius 1 is 0.646 bits per heavy atom. The first-order valence-corrected chi connectivity index (χ1v) is 17.3. The third kappa shape index (κ3) is 6.02. The SMILES string of the molecule is Cc1cc(-c2cc(C(C)(C)C)cc3c(C(C)(C)C)ccnc23)cc(-c2cccc3c2nc(-c2cc(C(C)(C)C)ccc2O)n3C(C)C)c1. The van der Waals surface area contributed by atoms with Crippen LogP contribution in [-0.4, -0.2) is 19.6 Å². The van der Waals surface area contributed by atoms with E-state index >= 15 is 0 Å². The molecular formula is C44H51N3O.